The van der Waals surface area contributed by atoms with E-state index in [1.165, 1.54) is 23.5 Å². The summed E-state index contributed by atoms with van der Waals surface area (Å²) in [5.74, 6) is -0.110. The molecule has 0 spiro atoms. The van der Waals surface area contributed by atoms with Crippen LogP contribution in [0.25, 0.3) is 0 Å². The van der Waals surface area contributed by atoms with Crippen LogP contribution in [0.1, 0.15) is 31.1 Å². The van der Waals surface area contributed by atoms with E-state index in [2.05, 4.69) is 0 Å². The molecule has 1 rings (SSSR count). The Kier molecular flexibility index (Phi) is 3.85. The predicted molar refractivity (Wildman–Crippen MR) is 61.3 cm³/mol. The molecular formula is C12H16NO4+. The number of carbonyl (C=O) groups excluding carboxylic acids is 2. The van der Waals surface area contributed by atoms with Crippen LogP contribution in [0.15, 0.2) is 18.2 Å². The fraction of sp³-hybridized carbons (Fsp3) is 0.333. The van der Waals surface area contributed by atoms with Gasteiger partial charge in [0, 0.05) is 12.1 Å². The third kappa shape index (κ3) is 4.24. The molecule has 0 fully saturated rings. The number of nitrogens with two attached hydrogens (primary N) is 1. The number of primary amides is 1. The second kappa shape index (κ2) is 4.97. The predicted octanol–water partition coefficient (Wildman–Crippen LogP) is 1.33. The summed E-state index contributed by atoms with van der Waals surface area (Å²) >= 11 is 0. The molecule has 5 heteroatoms. The van der Waals surface area contributed by atoms with Gasteiger partial charge in [0.2, 0.25) is 0 Å². The van der Waals surface area contributed by atoms with Crippen molar-refractivity contribution >= 4 is 18.1 Å². The summed E-state index contributed by atoms with van der Waals surface area (Å²) in [5.41, 5.74) is 0.0966. The number of carbonyl (C=O) groups is 2. The summed E-state index contributed by atoms with van der Waals surface area (Å²) in [6.07, 6.45) is 0.0435. The molecule has 0 aromatic heterocycles. The van der Waals surface area contributed by atoms with Crippen LogP contribution >= 0.6 is 0 Å². The van der Waals surface area contributed by atoms with Crippen molar-refractivity contribution in [1.29, 1.82) is 0 Å². The van der Waals surface area contributed by atoms with Crippen molar-refractivity contribution in [3.8, 4) is 5.75 Å². The number of aldehydes is 1. The quantitative estimate of drug-likeness (QED) is 0.463. The maximum Gasteiger partial charge on any atom is 0.518 e. The van der Waals surface area contributed by atoms with E-state index in [1.807, 2.05) is 0 Å². The Morgan fingerprint density at radius 2 is 2.06 bits per heavy atom. The Bertz CT molecular complexity index is 435. The molecule has 0 radical (unpaired) electrons. The van der Waals surface area contributed by atoms with Crippen molar-refractivity contribution in [3.05, 3.63) is 23.8 Å². The lowest BCUT2D eigenvalue weighted by molar-refractivity contribution is -0.486. The van der Waals surface area contributed by atoms with Crippen molar-refractivity contribution in [2.45, 2.75) is 26.4 Å². The molecule has 0 aliphatic carbocycles. The van der Waals surface area contributed by atoms with Crippen LogP contribution in [0.3, 0.4) is 0 Å². The highest BCUT2D eigenvalue weighted by atomic mass is 16.6. The highest BCUT2D eigenvalue weighted by Crippen LogP contribution is 2.16. The molecule has 3 N–H and O–H groups in total. The molecule has 0 unspecified atom stereocenters. The van der Waals surface area contributed by atoms with Gasteiger partial charge in [-0.05, 0) is 26.8 Å². The van der Waals surface area contributed by atoms with Gasteiger partial charge >= 0.3 is 6.09 Å². The maximum atomic E-state index is 11.5. The minimum absolute atomic E-state index is 0.110. The van der Waals surface area contributed by atoms with E-state index >= 15 is 0 Å². The number of ether oxygens (including phenoxy) is 1. The van der Waals surface area contributed by atoms with Crippen molar-refractivity contribution in [2.75, 3.05) is 0 Å². The number of benzene rings is 1. The second-order valence-corrected chi connectivity index (χ2v) is 4.61. The van der Waals surface area contributed by atoms with Gasteiger partial charge in [-0.25, -0.2) is 5.32 Å². The first-order valence-corrected chi connectivity index (χ1v) is 5.18. The fourth-order valence-corrected chi connectivity index (χ4v) is 1.22. The molecular weight excluding hydrogens is 222 g/mol. The van der Waals surface area contributed by atoms with Crippen molar-refractivity contribution in [2.24, 2.45) is 0 Å². The average molecular weight is 238 g/mol. The van der Waals surface area contributed by atoms with E-state index in [4.69, 9.17) is 4.74 Å². The molecule has 0 saturated carbocycles. The SMILES string of the molecule is CC(C)(C)OC(=O)[NH2+]c1ccc(O)c(C=O)c1. The Morgan fingerprint density at radius 1 is 1.41 bits per heavy atom. The van der Waals surface area contributed by atoms with Crippen LogP contribution in [0.5, 0.6) is 5.75 Å². The number of hydrogen-bond donors (Lipinski definition) is 2. The van der Waals surface area contributed by atoms with Crippen LogP contribution in [0.2, 0.25) is 0 Å². The normalized spacial score (nSPS) is 11.0. The minimum Gasteiger partial charge on any atom is -0.507 e. The van der Waals surface area contributed by atoms with Gasteiger partial charge in [-0.2, -0.15) is 4.79 Å². The van der Waals surface area contributed by atoms with Gasteiger partial charge in [0.15, 0.2) is 6.29 Å². The number of hydrogen-bond acceptors (Lipinski definition) is 4. The van der Waals surface area contributed by atoms with Gasteiger partial charge in [0.1, 0.15) is 17.0 Å². The molecule has 0 aliphatic rings. The third-order valence-corrected chi connectivity index (χ3v) is 1.87. The first kappa shape index (κ1) is 13.2. The molecule has 17 heavy (non-hydrogen) atoms. The molecule has 5 nitrogen and oxygen atoms in total. The largest absolute Gasteiger partial charge is 0.518 e. The van der Waals surface area contributed by atoms with E-state index in [1.54, 1.807) is 20.8 Å². The monoisotopic (exact) mass is 238 g/mol. The molecule has 1 aromatic rings. The molecule has 0 heterocycles. The second-order valence-electron chi connectivity index (χ2n) is 4.61. The van der Waals surface area contributed by atoms with Crippen LogP contribution in [0, 0.1) is 0 Å². The lowest BCUT2D eigenvalue weighted by Gasteiger charge is -2.16. The van der Waals surface area contributed by atoms with E-state index in [0.717, 1.165) is 0 Å². The zero-order valence-electron chi connectivity index (χ0n) is 10.1. The van der Waals surface area contributed by atoms with Crippen LogP contribution in [-0.4, -0.2) is 23.1 Å². The molecule has 92 valence electrons. The molecule has 0 atom stereocenters. The van der Waals surface area contributed by atoms with Gasteiger partial charge < -0.3 is 9.84 Å². The smallest absolute Gasteiger partial charge is 0.507 e. The maximum absolute atomic E-state index is 11.5. The number of quaternary nitrogens is 1. The molecule has 0 bridgehead atoms. The minimum atomic E-state index is -0.558. The van der Waals surface area contributed by atoms with E-state index in [0.29, 0.717) is 12.0 Å². The number of phenols is 1. The first-order chi connectivity index (χ1) is 7.81. The Hall–Kier alpha value is -1.88. The van der Waals surface area contributed by atoms with Crippen molar-refractivity contribution < 1.29 is 24.7 Å². The topological polar surface area (TPSA) is 80.2 Å². The van der Waals surface area contributed by atoms with Gasteiger partial charge in [-0.1, -0.05) is 0 Å². The summed E-state index contributed by atoms with van der Waals surface area (Å²) in [6.45, 7) is 5.31. The average Bonchev–Trinajstić information content (AvgIpc) is 2.18. The van der Waals surface area contributed by atoms with Crippen LogP contribution in [0.4, 0.5) is 10.5 Å². The molecule has 0 aliphatic heterocycles. The highest BCUT2D eigenvalue weighted by Gasteiger charge is 2.20. The van der Waals surface area contributed by atoms with Crippen molar-refractivity contribution in [1.82, 2.24) is 0 Å². The Labute approximate surface area is 99.4 Å². The Balaban J connectivity index is 2.75. The van der Waals surface area contributed by atoms with E-state index < -0.39 is 11.7 Å². The molecule has 1 amide bonds. The zero-order valence-corrected chi connectivity index (χ0v) is 10.1. The summed E-state index contributed by atoms with van der Waals surface area (Å²) in [5, 5.41) is 10.6. The highest BCUT2D eigenvalue weighted by molar-refractivity contribution is 5.80. The van der Waals surface area contributed by atoms with Crippen LogP contribution < -0.4 is 5.32 Å². The first-order valence-electron chi connectivity index (χ1n) is 5.18. The van der Waals surface area contributed by atoms with Gasteiger partial charge in [0.25, 0.3) is 0 Å². The standard InChI is InChI=1S/C12H15NO4/c1-12(2,3)17-11(16)13-9-4-5-10(15)8(6-9)7-14/h4-7,15H,1-3H3,(H,13,16)/p+1. The van der Waals surface area contributed by atoms with Gasteiger partial charge in [-0.15, -0.1) is 0 Å². The van der Waals surface area contributed by atoms with E-state index in [9.17, 15) is 14.7 Å². The Morgan fingerprint density at radius 3 is 2.59 bits per heavy atom. The van der Waals surface area contributed by atoms with Gasteiger partial charge in [0.05, 0.1) is 5.56 Å². The summed E-state index contributed by atoms with van der Waals surface area (Å²) < 4.78 is 5.10. The number of phenolic OH excluding ortho intramolecular Hbond substituents is 1. The summed E-state index contributed by atoms with van der Waals surface area (Å²) in [6, 6.07) is 4.32. The third-order valence-electron chi connectivity index (χ3n) is 1.87. The summed E-state index contributed by atoms with van der Waals surface area (Å²) in [4.78, 5) is 22.1. The number of aromatic hydroxyl groups is 1. The van der Waals surface area contributed by atoms with Gasteiger partial charge in [-0.3, -0.25) is 4.79 Å². The fourth-order valence-electron chi connectivity index (χ4n) is 1.22. The summed E-state index contributed by atoms with van der Waals surface area (Å²) in [7, 11) is 0. The molecule has 1 aromatic carbocycles. The van der Waals surface area contributed by atoms with E-state index in [-0.39, 0.29) is 11.3 Å². The number of rotatable bonds is 2. The zero-order chi connectivity index (χ0) is 13.1. The van der Waals surface area contributed by atoms with Crippen LogP contribution in [-0.2, 0) is 4.74 Å². The molecule has 0 saturated heterocycles. The lowest BCUT2D eigenvalue weighted by atomic mass is 10.2. The number of amides is 1. The lowest BCUT2D eigenvalue weighted by Crippen LogP contribution is -2.83. The van der Waals surface area contributed by atoms with Crippen molar-refractivity contribution in [3.63, 3.8) is 0 Å².